The zero-order valence-corrected chi connectivity index (χ0v) is 26.0. The molecule has 0 aliphatic heterocycles. The molecular weight excluding hydrogens is 651 g/mol. The summed E-state index contributed by atoms with van der Waals surface area (Å²) >= 11 is 4.41. The monoisotopic (exact) mass is 696 g/mol. The highest BCUT2D eigenvalue weighted by Gasteiger charge is 2.16. The van der Waals surface area contributed by atoms with E-state index in [2.05, 4.69) is 38.4 Å². The molecule has 0 radical (unpaired) electrons. The van der Waals surface area contributed by atoms with Crippen LogP contribution in [-0.2, 0) is 23.7 Å². The fourth-order valence-corrected chi connectivity index (χ4v) is 1.60. The molecule has 0 aliphatic carbocycles. The van der Waals surface area contributed by atoms with Crippen molar-refractivity contribution in [1.29, 1.82) is 0.594 Å². The minimum absolute atomic E-state index is 0.00750. The van der Waals surface area contributed by atoms with E-state index in [1.54, 1.807) is 20.8 Å². The van der Waals surface area contributed by atoms with Crippen molar-refractivity contribution in [2.45, 2.75) is 52.7 Å². The molecule has 0 aromatic rings. The van der Waals surface area contributed by atoms with Gasteiger partial charge in [-0.15, -0.1) is 36.6 Å². The van der Waals surface area contributed by atoms with E-state index in [0.29, 0.717) is 51.5 Å². The fraction of sp³-hybridized carbons (Fsp3) is 0.750. The van der Waals surface area contributed by atoms with Crippen molar-refractivity contribution >= 4 is 51.9 Å². The molecular formula is C24H44BrIN2O8. The van der Waals surface area contributed by atoms with E-state index in [9.17, 15) is 9.59 Å². The average Bonchev–Trinajstić information content (AvgIpc) is 2.80. The molecule has 0 saturated heterocycles. The molecule has 0 aromatic heterocycles. The number of carbonyl (C=O) groups excluding carboxylic acids is 2. The number of carbonyl (C=O) groups is 2. The smallest absolute Gasteiger partial charge is 0.407 e. The van der Waals surface area contributed by atoms with Crippen LogP contribution in [0.25, 0.3) is 0 Å². The van der Waals surface area contributed by atoms with Crippen molar-refractivity contribution < 1.29 is 38.4 Å². The third-order valence-electron chi connectivity index (χ3n) is 2.70. The Morgan fingerprint density at radius 2 is 1.22 bits per heavy atom. The zero-order valence-electron chi connectivity index (χ0n) is 23.3. The molecule has 0 aromatic carbocycles. The van der Waals surface area contributed by atoms with Crippen LogP contribution in [0.1, 0.15) is 41.5 Å². The molecule has 12 heteroatoms. The predicted octanol–water partition coefficient (Wildman–Crippen LogP) is 3.33. The lowest BCUT2D eigenvalue weighted by molar-refractivity contribution is 0.0441. The molecule has 0 unspecified atom stereocenters. The van der Waals surface area contributed by atoms with Gasteiger partial charge in [0, 0.05) is 13.1 Å². The van der Waals surface area contributed by atoms with E-state index in [1.807, 2.05) is 20.8 Å². The topological polar surface area (TPSA) is 125 Å². The minimum Gasteiger partial charge on any atom is -0.444 e. The van der Waals surface area contributed by atoms with Crippen molar-refractivity contribution in [1.82, 2.24) is 10.6 Å². The van der Waals surface area contributed by atoms with Gasteiger partial charge < -0.3 is 39.4 Å². The second-order valence-corrected chi connectivity index (χ2v) is 8.96. The molecule has 0 bridgehead atoms. The van der Waals surface area contributed by atoms with Gasteiger partial charge >= 0.3 is 12.2 Å². The molecule has 0 saturated carbocycles. The lowest BCUT2D eigenvalue weighted by atomic mass is 10.2. The average molecular weight is 697 g/mol. The summed E-state index contributed by atoms with van der Waals surface area (Å²) in [6, 6.07) is 0. The van der Waals surface area contributed by atoms with Crippen molar-refractivity contribution in [3.05, 3.63) is 0 Å². The number of nitrogens with one attached hydrogen (secondary N) is 2. The van der Waals surface area contributed by atoms with Crippen LogP contribution < -0.4 is 10.6 Å². The maximum absolute atomic E-state index is 11.2. The van der Waals surface area contributed by atoms with Gasteiger partial charge in [0.1, 0.15) is 18.4 Å². The predicted molar refractivity (Wildman–Crippen MR) is 155 cm³/mol. The van der Waals surface area contributed by atoms with E-state index in [0.717, 1.165) is 0 Å². The van der Waals surface area contributed by atoms with Crippen LogP contribution in [0.3, 0.4) is 0 Å². The van der Waals surface area contributed by atoms with Gasteiger partial charge in [-0.1, -0.05) is 27.8 Å². The van der Waals surface area contributed by atoms with Gasteiger partial charge in [0.15, 0.2) is 0 Å². The molecule has 2 amide bonds. The van der Waals surface area contributed by atoms with Crippen molar-refractivity contribution in [3.8, 4) is 24.7 Å². The number of halogens is 2. The SMILES string of the molecule is C#CCBr.C#CCOCCOCCNC(=O)OC(C)(C)C.CC(C)(C)OC(=O)NCCOCCO.[3H]I. The largest absolute Gasteiger partial charge is 0.444 e. The minimum atomic E-state index is -0.478. The molecule has 0 spiro atoms. The number of rotatable bonds is 12. The first kappa shape index (κ1) is 39.2. The summed E-state index contributed by atoms with van der Waals surface area (Å²) in [5.41, 5.74) is -0.954. The summed E-state index contributed by atoms with van der Waals surface area (Å²) < 4.78 is 30.9. The number of alkyl carbamates (subject to hydrolysis) is 2. The van der Waals surface area contributed by atoms with Crippen molar-refractivity contribution in [2.24, 2.45) is 0 Å². The maximum atomic E-state index is 11.2. The molecule has 0 rings (SSSR count). The first-order valence-corrected chi connectivity index (χ1v) is 12.2. The van der Waals surface area contributed by atoms with Crippen LogP contribution in [0.2, 0.25) is 0 Å². The fourth-order valence-electron chi connectivity index (χ4n) is 1.60. The number of amides is 2. The number of aliphatic hydroxyl groups is 1. The van der Waals surface area contributed by atoms with E-state index in [1.165, 1.54) is 23.8 Å². The molecule has 212 valence electrons. The van der Waals surface area contributed by atoms with Gasteiger partial charge in [-0.3, -0.25) is 0 Å². The molecule has 10 nitrogen and oxygen atoms in total. The lowest BCUT2D eigenvalue weighted by Crippen LogP contribution is -2.34. The number of alkyl halides is 1. The Kier molecular flexibility index (Phi) is 30.8. The lowest BCUT2D eigenvalue weighted by Gasteiger charge is -2.19. The van der Waals surface area contributed by atoms with Gasteiger partial charge in [0.05, 0.1) is 45.0 Å². The molecule has 36 heavy (non-hydrogen) atoms. The van der Waals surface area contributed by atoms with Crippen LogP contribution in [-0.4, -0.2) is 93.8 Å². The Balaban J connectivity index is -0.000000245. The maximum Gasteiger partial charge on any atom is 0.407 e. The van der Waals surface area contributed by atoms with Crippen LogP contribution in [0.5, 0.6) is 0 Å². The van der Waals surface area contributed by atoms with E-state index in [4.69, 9.17) is 42.2 Å². The Labute approximate surface area is 242 Å². The van der Waals surface area contributed by atoms with E-state index < -0.39 is 23.4 Å². The Morgan fingerprint density at radius 1 is 0.833 bits per heavy atom. The Hall–Kier alpha value is -1.29. The van der Waals surface area contributed by atoms with Crippen LogP contribution in [0.4, 0.5) is 9.59 Å². The van der Waals surface area contributed by atoms with E-state index in [-0.39, 0.29) is 13.2 Å². The van der Waals surface area contributed by atoms with Crippen molar-refractivity contribution in [3.63, 3.8) is 0 Å². The highest BCUT2D eigenvalue weighted by Crippen LogP contribution is 2.06. The normalized spacial score (nSPS) is 10.1. The number of ether oxygens (including phenoxy) is 5. The number of aliphatic hydroxyl groups excluding tert-OH is 1. The summed E-state index contributed by atoms with van der Waals surface area (Å²) in [6.07, 6.45) is 8.83. The van der Waals surface area contributed by atoms with Crippen LogP contribution >= 0.6 is 39.7 Å². The third kappa shape index (κ3) is 46.1. The molecule has 0 fully saturated rings. The number of terminal acetylenes is 2. The van der Waals surface area contributed by atoms with Gasteiger partial charge in [-0.25, -0.2) is 9.59 Å². The third-order valence-corrected chi connectivity index (χ3v) is 3.02. The first-order chi connectivity index (χ1) is 17.3. The molecule has 0 heterocycles. The highest BCUT2D eigenvalue weighted by atomic mass is 127. The summed E-state index contributed by atoms with van der Waals surface area (Å²) in [5, 5.41) is 14.2. The summed E-state index contributed by atoms with van der Waals surface area (Å²) in [7, 11) is 0. The van der Waals surface area contributed by atoms with Gasteiger partial charge in [0.2, 0.25) is 0 Å². The standard InChI is InChI=1S/C12H21NO4.C9H19NO4.C3H3Br.HI/c1-5-7-15-9-10-16-8-6-13-11(14)17-12(2,3)4;1-9(2,3)14-8(12)10-4-6-13-7-5-11;1-2-3-4;/h1H,6-10H2,2-4H3,(H,13,14);11H,4-7H2,1-3H3,(H,10,12);1H,3H2;1H/i/hT. The second kappa shape index (κ2) is 28.3. The van der Waals surface area contributed by atoms with Crippen LogP contribution in [0.15, 0.2) is 0 Å². The summed E-state index contributed by atoms with van der Waals surface area (Å²) in [6.45, 7) is 13.9. The molecule has 3 N–H and O–H groups in total. The molecule has 0 atom stereocenters. The number of hydrogen-bond acceptors (Lipinski definition) is 8. The molecule has 0 aliphatic rings. The summed E-state index contributed by atoms with van der Waals surface area (Å²) in [4.78, 5) is 22.3. The van der Waals surface area contributed by atoms with E-state index >= 15 is 0 Å². The second-order valence-electron chi connectivity index (χ2n) is 8.40. The van der Waals surface area contributed by atoms with Crippen molar-refractivity contribution in [2.75, 3.05) is 64.7 Å². The summed E-state index contributed by atoms with van der Waals surface area (Å²) in [5.74, 6) is 4.70. The van der Waals surface area contributed by atoms with Crippen LogP contribution in [0, 0.1) is 24.7 Å². The van der Waals surface area contributed by atoms with Gasteiger partial charge in [0.25, 0.3) is 0 Å². The van der Waals surface area contributed by atoms with Gasteiger partial charge in [-0.2, -0.15) is 0 Å². The Bertz CT molecular complexity index is 618. The quantitative estimate of drug-likeness (QED) is 0.123. The van der Waals surface area contributed by atoms with Gasteiger partial charge in [-0.05, 0) is 41.5 Å². The first-order valence-electron chi connectivity index (χ1n) is 11.4. The Morgan fingerprint density at radius 3 is 1.56 bits per heavy atom. The highest BCUT2D eigenvalue weighted by molar-refractivity contribution is 14.0. The number of hydrogen-bond donors (Lipinski definition) is 3. The zero-order chi connectivity index (χ0) is 29.6.